The Labute approximate surface area is 161 Å². The van der Waals surface area contributed by atoms with Crippen molar-refractivity contribution < 1.29 is 8.42 Å². The molecule has 0 radical (unpaired) electrons. The fourth-order valence-corrected chi connectivity index (χ4v) is 5.05. The second-order valence-corrected chi connectivity index (χ2v) is 8.52. The molecule has 0 saturated heterocycles. The van der Waals surface area contributed by atoms with Crippen LogP contribution in [0.5, 0.6) is 0 Å². The standard InChI is InChI=1S/C19H15ClN4O2S/c20-13-8-15-16(11-24-19(15)23-10-13)18(12-6-7-17(21)22-9-12)27(25,26)14-4-2-1-3-5-14/h1-11,18H,(H2,21,22)(H,23,24). The van der Waals surface area contributed by atoms with Crippen molar-refractivity contribution in [1.29, 1.82) is 0 Å². The first-order chi connectivity index (χ1) is 13.0. The van der Waals surface area contributed by atoms with Gasteiger partial charge in [0.25, 0.3) is 0 Å². The molecule has 0 aliphatic rings. The predicted molar refractivity (Wildman–Crippen MR) is 105 cm³/mol. The van der Waals surface area contributed by atoms with Gasteiger partial charge in [-0.05, 0) is 29.8 Å². The summed E-state index contributed by atoms with van der Waals surface area (Å²) in [7, 11) is -3.77. The third-order valence-electron chi connectivity index (χ3n) is 4.31. The third kappa shape index (κ3) is 3.15. The van der Waals surface area contributed by atoms with E-state index in [0.717, 1.165) is 0 Å². The van der Waals surface area contributed by atoms with Crippen molar-refractivity contribution in [2.75, 3.05) is 5.73 Å². The lowest BCUT2D eigenvalue weighted by molar-refractivity contribution is 0.589. The molecule has 1 unspecified atom stereocenters. The first-order valence-electron chi connectivity index (χ1n) is 8.10. The Balaban J connectivity index is 1.99. The van der Waals surface area contributed by atoms with Gasteiger partial charge in [0.2, 0.25) is 0 Å². The molecular weight excluding hydrogens is 384 g/mol. The molecule has 0 aliphatic heterocycles. The number of rotatable bonds is 4. The van der Waals surface area contributed by atoms with Gasteiger partial charge in [0.1, 0.15) is 16.7 Å². The molecule has 136 valence electrons. The topological polar surface area (TPSA) is 102 Å². The monoisotopic (exact) mass is 398 g/mol. The molecule has 27 heavy (non-hydrogen) atoms. The number of fused-ring (bicyclic) bond motifs is 1. The maximum Gasteiger partial charge on any atom is 0.189 e. The van der Waals surface area contributed by atoms with E-state index in [1.807, 2.05) is 0 Å². The van der Waals surface area contributed by atoms with Crippen molar-refractivity contribution in [1.82, 2.24) is 15.0 Å². The molecule has 0 amide bonds. The lowest BCUT2D eigenvalue weighted by Crippen LogP contribution is -2.15. The maximum atomic E-state index is 13.5. The summed E-state index contributed by atoms with van der Waals surface area (Å²) in [5, 5.41) is 0.0838. The maximum absolute atomic E-state index is 13.5. The van der Waals surface area contributed by atoms with E-state index in [0.29, 0.717) is 33.0 Å². The quantitative estimate of drug-likeness (QED) is 0.545. The molecule has 0 bridgehead atoms. The van der Waals surface area contributed by atoms with Gasteiger partial charge in [-0.15, -0.1) is 0 Å². The highest BCUT2D eigenvalue weighted by Gasteiger charge is 2.33. The number of pyridine rings is 2. The number of aromatic amines is 1. The molecule has 6 nitrogen and oxygen atoms in total. The van der Waals surface area contributed by atoms with E-state index in [9.17, 15) is 8.42 Å². The molecule has 1 atom stereocenters. The number of nitrogens with one attached hydrogen (secondary N) is 1. The van der Waals surface area contributed by atoms with Gasteiger partial charge in [0.15, 0.2) is 9.84 Å². The number of aromatic nitrogens is 3. The number of sulfone groups is 1. The summed E-state index contributed by atoms with van der Waals surface area (Å²) >= 11 is 6.10. The molecule has 8 heteroatoms. The Morgan fingerprint density at radius 2 is 1.81 bits per heavy atom. The summed E-state index contributed by atoms with van der Waals surface area (Å²) < 4.78 is 27.0. The summed E-state index contributed by atoms with van der Waals surface area (Å²) in [6.07, 6.45) is 4.64. The number of hydrogen-bond acceptors (Lipinski definition) is 5. The number of halogens is 1. The number of nitrogens with zero attached hydrogens (tertiary/aromatic N) is 2. The summed E-state index contributed by atoms with van der Waals surface area (Å²) in [6, 6.07) is 13.3. The van der Waals surface area contributed by atoms with Crippen LogP contribution >= 0.6 is 11.6 Å². The fraction of sp³-hybridized carbons (Fsp3) is 0.0526. The molecule has 4 rings (SSSR count). The van der Waals surface area contributed by atoms with E-state index in [1.54, 1.807) is 54.7 Å². The number of benzene rings is 1. The highest BCUT2D eigenvalue weighted by Crippen LogP contribution is 2.38. The first kappa shape index (κ1) is 17.5. The Morgan fingerprint density at radius 1 is 1.04 bits per heavy atom. The largest absolute Gasteiger partial charge is 0.384 e. The Bertz CT molecular complexity index is 1210. The molecule has 1 aromatic carbocycles. The van der Waals surface area contributed by atoms with Crippen molar-refractivity contribution >= 4 is 38.3 Å². The molecular formula is C19H15ClN4O2S. The lowest BCUT2D eigenvalue weighted by Gasteiger charge is -2.18. The van der Waals surface area contributed by atoms with Crippen LogP contribution in [0.15, 0.2) is 72.0 Å². The van der Waals surface area contributed by atoms with Crippen LogP contribution < -0.4 is 5.73 Å². The van der Waals surface area contributed by atoms with E-state index < -0.39 is 15.1 Å². The van der Waals surface area contributed by atoms with Gasteiger partial charge in [-0.3, -0.25) is 0 Å². The Hall–Kier alpha value is -2.90. The van der Waals surface area contributed by atoms with Gasteiger partial charge < -0.3 is 10.7 Å². The molecule has 0 spiro atoms. The Morgan fingerprint density at radius 3 is 2.52 bits per heavy atom. The molecule has 3 aromatic heterocycles. The number of hydrogen-bond donors (Lipinski definition) is 2. The number of nitrogens with two attached hydrogens (primary N) is 1. The molecule has 0 aliphatic carbocycles. The van der Waals surface area contributed by atoms with Gasteiger partial charge in [-0.25, -0.2) is 18.4 Å². The van der Waals surface area contributed by atoms with Crippen molar-refractivity contribution in [3.63, 3.8) is 0 Å². The van der Waals surface area contributed by atoms with Gasteiger partial charge >= 0.3 is 0 Å². The van der Waals surface area contributed by atoms with E-state index in [1.165, 1.54) is 12.4 Å². The van der Waals surface area contributed by atoms with Crippen molar-refractivity contribution in [2.45, 2.75) is 10.1 Å². The first-order valence-corrected chi connectivity index (χ1v) is 10.0. The molecule has 0 fully saturated rings. The van der Waals surface area contributed by atoms with Crippen LogP contribution in [0, 0.1) is 0 Å². The van der Waals surface area contributed by atoms with Crippen LogP contribution in [0.2, 0.25) is 5.02 Å². The average molecular weight is 399 g/mol. The normalized spacial score (nSPS) is 12.9. The van der Waals surface area contributed by atoms with Gasteiger partial charge in [0, 0.05) is 29.5 Å². The molecule has 3 heterocycles. The van der Waals surface area contributed by atoms with Crippen molar-refractivity contribution in [3.05, 3.63) is 83.3 Å². The molecule has 0 saturated carbocycles. The predicted octanol–water partition coefficient (Wildman–Crippen LogP) is 3.76. The van der Waals surface area contributed by atoms with Crippen LogP contribution in [-0.4, -0.2) is 23.4 Å². The molecule has 3 N–H and O–H groups in total. The van der Waals surface area contributed by atoms with E-state index in [4.69, 9.17) is 17.3 Å². The van der Waals surface area contributed by atoms with E-state index in [-0.39, 0.29) is 4.90 Å². The van der Waals surface area contributed by atoms with Crippen LogP contribution in [0.3, 0.4) is 0 Å². The van der Waals surface area contributed by atoms with Crippen LogP contribution in [0.25, 0.3) is 11.0 Å². The highest BCUT2D eigenvalue weighted by atomic mass is 35.5. The number of nitrogen functional groups attached to an aromatic ring is 1. The fourth-order valence-electron chi connectivity index (χ4n) is 3.06. The number of H-pyrrole nitrogens is 1. The number of anilines is 1. The summed E-state index contributed by atoms with van der Waals surface area (Å²) in [5.74, 6) is 0.318. The van der Waals surface area contributed by atoms with Crippen LogP contribution in [0.4, 0.5) is 5.82 Å². The summed E-state index contributed by atoms with van der Waals surface area (Å²) in [4.78, 5) is 11.5. The van der Waals surface area contributed by atoms with Gasteiger partial charge in [-0.1, -0.05) is 35.9 Å². The summed E-state index contributed by atoms with van der Waals surface area (Å²) in [6.45, 7) is 0. The Kier molecular flexibility index (Phi) is 4.33. The average Bonchev–Trinajstić information content (AvgIpc) is 3.07. The zero-order valence-corrected chi connectivity index (χ0v) is 15.6. The van der Waals surface area contributed by atoms with Crippen LogP contribution in [-0.2, 0) is 9.84 Å². The lowest BCUT2D eigenvalue weighted by atomic mass is 10.1. The SMILES string of the molecule is Nc1ccc(C(c2c[nH]c3ncc(Cl)cc23)S(=O)(=O)c2ccccc2)cn1. The minimum Gasteiger partial charge on any atom is -0.384 e. The smallest absolute Gasteiger partial charge is 0.189 e. The van der Waals surface area contributed by atoms with E-state index >= 15 is 0 Å². The summed E-state index contributed by atoms with van der Waals surface area (Å²) in [5.41, 5.74) is 7.30. The van der Waals surface area contributed by atoms with E-state index in [2.05, 4.69) is 15.0 Å². The second-order valence-electron chi connectivity index (χ2n) is 6.05. The third-order valence-corrected chi connectivity index (χ3v) is 6.59. The second kappa shape index (κ2) is 6.68. The zero-order valence-electron chi connectivity index (χ0n) is 14.0. The van der Waals surface area contributed by atoms with Crippen LogP contribution in [0.1, 0.15) is 16.4 Å². The minimum atomic E-state index is -3.77. The van der Waals surface area contributed by atoms with Gasteiger partial charge in [-0.2, -0.15) is 0 Å². The molecule has 4 aromatic rings. The highest BCUT2D eigenvalue weighted by molar-refractivity contribution is 7.92. The zero-order chi connectivity index (χ0) is 19.0. The van der Waals surface area contributed by atoms with Crippen molar-refractivity contribution in [3.8, 4) is 0 Å². The van der Waals surface area contributed by atoms with Gasteiger partial charge in [0.05, 0.1) is 9.92 Å². The van der Waals surface area contributed by atoms with Crippen molar-refractivity contribution in [2.24, 2.45) is 0 Å². The minimum absolute atomic E-state index is 0.219.